The van der Waals surface area contributed by atoms with Crippen molar-refractivity contribution in [2.45, 2.75) is 44.2 Å². The van der Waals surface area contributed by atoms with Crippen molar-refractivity contribution in [3.05, 3.63) is 23.9 Å². The summed E-state index contributed by atoms with van der Waals surface area (Å²) < 4.78 is 0. The fourth-order valence-electron chi connectivity index (χ4n) is 4.25. The molecule has 0 aromatic carbocycles. The Morgan fingerprint density at radius 1 is 1.19 bits per heavy atom. The first-order chi connectivity index (χ1) is 12.5. The van der Waals surface area contributed by atoms with Crippen LogP contribution in [0.3, 0.4) is 0 Å². The highest BCUT2D eigenvalue weighted by Gasteiger charge is 2.33. The Morgan fingerprint density at radius 3 is 2.50 bits per heavy atom. The van der Waals surface area contributed by atoms with Crippen molar-refractivity contribution < 1.29 is 15.0 Å². The summed E-state index contributed by atoms with van der Waals surface area (Å²) in [5, 5.41) is 18.7. The highest BCUT2D eigenvalue weighted by molar-refractivity contribution is 5.72. The second kappa shape index (κ2) is 8.79. The normalized spacial score (nSPS) is 26.5. The van der Waals surface area contributed by atoms with E-state index >= 15 is 0 Å². The van der Waals surface area contributed by atoms with Gasteiger partial charge in [-0.05, 0) is 43.7 Å². The van der Waals surface area contributed by atoms with E-state index < -0.39 is 12.1 Å². The summed E-state index contributed by atoms with van der Waals surface area (Å²) in [6.45, 7) is 5.23. The average molecular weight is 362 g/mol. The van der Waals surface area contributed by atoms with Gasteiger partial charge in [0.25, 0.3) is 0 Å². The molecule has 1 aromatic heterocycles. The molecule has 144 valence electrons. The van der Waals surface area contributed by atoms with Gasteiger partial charge in [0.15, 0.2) is 6.10 Å². The molecule has 0 amide bonds. The molecule has 1 aromatic rings. The van der Waals surface area contributed by atoms with Gasteiger partial charge in [-0.15, -0.1) is 0 Å². The van der Waals surface area contributed by atoms with Gasteiger partial charge in [0.05, 0.1) is 0 Å². The van der Waals surface area contributed by atoms with Gasteiger partial charge in [-0.3, -0.25) is 4.90 Å². The maximum atomic E-state index is 10.9. The third-order valence-corrected chi connectivity index (χ3v) is 5.88. The molecule has 2 heterocycles. The third kappa shape index (κ3) is 4.93. The summed E-state index contributed by atoms with van der Waals surface area (Å²) in [5.41, 5.74) is 6.78. The summed E-state index contributed by atoms with van der Waals surface area (Å²) in [6, 6.07) is 6.32. The maximum Gasteiger partial charge on any atom is 0.332 e. The number of piperazine rings is 1. The number of carboxylic acids is 1. The Bertz CT molecular complexity index is 596. The van der Waals surface area contributed by atoms with Crippen molar-refractivity contribution in [3.63, 3.8) is 0 Å². The van der Waals surface area contributed by atoms with E-state index in [0.29, 0.717) is 11.9 Å². The van der Waals surface area contributed by atoms with Crippen LogP contribution in [-0.4, -0.2) is 75.8 Å². The van der Waals surface area contributed by atoms with Gasteiger partial charge >= 0.3 is 5.97 Å². The maximum absolute atomic E-state index is 10.9. The van der Waals surface area contributed by atoms with Crippen LogP contribution in [0.1, 0.15) is 31.4 Å². The highest BCUT2D eigenvalue weighted by Crippen LogP contribution is 2.30. The van der Waals surface area contributed by atoms with E-state index in [-0.39, 0.29) is 5.92 Å². The number of nitrogen functional groups attached to an aromatic ring is 1. The molecule has 4 N–H and O–H groups in total. The first-order valence-corrected chi connectivity index (χ1v) is 9.61. The van der Waals surface area contributed by atoms with Crippen molar-refractivity contribution >= 4 is 11.8 Å². The molecule has 1 atom stereocenters. The molecule has 1 saturated heterocycles. The Kier molecular flexibility index (Phi) is 6.45. The molecule has 26 heavy (non-hydrogen) atoms. The van der Waals surface area contributed by atoms with E-state index in [1.807, 2.05) is 18.2 Å². The van der Waals surface area contributed by atoms with E-state index in [9.17, 15) is 9.90 Å². The van der Waals surface area contributed by atoms with Gasteiger partial charge in [0.1, 0.15) is 5.82 Å². The molecule has 0 radical (unpaired) electrons. The minimum atomic E-state index is -1.20. The Hall–Kier alpha value is -1.70. The second-order valence-corrected chi connectivity index (χ2v) is 7.53. The molecule has 1 unspecified atom stereocenters. The van der Waals surface area contributed by atoms with Crippen LogP contribution in [0.15, 0.2) is 18.2 Å². The van der Waals surface area contributed by atoms with E-state index in [1.54, 1.807) is 0 Å². The predicted molar refractivity (Wildman–Crippen MR) is 99.8 cm³/mol. The van der Waals surface area contributed by atoms with Crippen LogP contribution < -0.4 is 5.73 Å². The Labute approximate surface area is 154 Å². The Morgan fingerprint density at radius 2 is 1.88 bits per heavy atom. The van der Waals surface area contributed by atoms with Crippen LogP contribution in [0.2, 0.25) is 0 Å². The van der Waals surface area contributed by atoms with Crippen LogP contribution in [0, 0.1) is 5.92 Å². The molecule has 3 rings (SSSR count). The monoisotopic (exact) mass is 362 g/mol. The number of aliphatic carboxylic acids is 1. The molecule has 7 nitrogen and oxygen atoms in total. The molecule has 1 aliphatic heterocycles. The zero-order chi connectivity index (χ0) is 18.5. The van der Waals surface area contributed by atoms with E-state index in [1.165, 1.54) is 0 Å². The third-order valence-electron chi connectivity index (χ3n) is 5.88. The summed E-state index contributed by atoms with van der Waals surface area (Å²) in [7, 11) is 0. The van der Waals surface area contributed by atoms with Crippen LogP contribution >= 0.6 is 0 Å². The number of pyridine rings is 1. The fourth-order valence-corrected chi connectivity index (χ4v) is 4.25. The van der Waals surface area contributed by atoms with Crippen LogP contribution in [0.5, 0.6) is 0 Å². The second-order valence-electron chi connectivity index (χ2n) is 7.53. The first kappa shape index (κ1) is 19.1. The largest absolute Gasteiger partial charge is 0.479 e. The zero-order valence-electron chi connectivity index (χ0n) is 15.3. The summed E-state index contributed by atoms with van der Waals surface area (Å²) in [4.78, 5) is 20.3. The van der Waals surface area contributed by atoms with Crippen LogP contribution in [-0.2, 0) is 11.2 Å². The molecular formula is C19H30N4O3. The van der Waals surface area contributed by atoms with Crippen molar-refractivity contribution in [1.82, 2.24) is 14.8 Å². The smallest absolute Gasteiger partial charge is 0.332 e. The predicted octanol–water partition coefficient (Wildman–Crippen LogP) is 0.828. The molecule has 2 fully saturated rings. The van der Waals surface area contributed by atoms with E-state index in [0.717, 1.165) is 70.5 Å². The lowest BCUT2D eigenvalue weighted by molar-refractivity contribution is -0.150. The number of carboxylic acid groups (broad SMARTS) is 1. The number of hydrogen-bond acceptors (Lipinski definition) is 6. The molecular weight excluding hydrogens is 332 g/mol. The molecule has 0 spiro atoms. The van der Waals surface area contributed by atoms with Crippen LogP contribution in [0.4, 0.5) is 5.82 Å². The molecule has 7 heteroatoms. The zero-order valence-corrected chi connectivity index (χ0v) is 15.3. The van der Waals surface area contributed by atoms with Crippen molar-refractivity contribution in [3.8, 4) is 0 Å². The molecule has 2 aliphatic rings. The molecule has 1 aliphatic carbocycles. The summed E-state index contributed by atoms with van der Waals surface area (Å²) >= 11 is 0. The quantitative estimate of drug-likeness (QED) is 0.689. The van der Waals surface area contributed by atoms with Crippen LogP contribution in [0.25, 0.3) is 0 Å². The number of aromatic nitrogens is 1. The average Bonchev–Trinajstić information content (AvgIpc) is 2.66. The lowest BCUT2D eigenvalue weighted by atomic mass is 9.82. The number of rotatable bonds is 6. The van der Waals surface area contributed by atoms with Gasteiger partial charge in [0.2, 0.25) is 0 Å². The number of carbonyl (C=O) groups is 1. The van der Waals surface area contributed by atoms with Gasteiger partial charge in [-0.25, -0.2) is 9.78 Å². The van der Waals surface area contributed by atoms with Gasteiger partial charge < -0.3 is 20.8 Å². The molecule has 1 saturated carbocycles. The van der Waals surface area contributed by atoms with E-state index in [2.05, 4.69) is 14.8 Å². The van der Waals surface area contributed by atoms with Crippen molar-refractivity contribution in [2.75, 3.05) is 38.5 Å². The SMILES string of the molecule is Nc1cccc(CCN2CCN(C3CCC(C(O)C(=O)O)CC3)CC2)n1. The Balaban J connectivity index is 1.38. The van der Waals surface area contributed by atoms with Crippen molar-refractivity contribution in [2.24, 2.45) is 5.92 Å². The van der Waals surface area contributed by atoms with E-state index in [4.69, 9.17) is 10.8 Å². The topological polar surface area (TPSA) is 103 Å². The number of nitrogens with zero attached hydrogens (tertiary/aromatic N) is 3. The molecule has 0 bridgehead atoms. The summed E-state index contributed by atoms with van der Waals surface area (Å²) in [5.74, 6) is -0.594. The first-order valence-electron chi connectivity index (χ1n) is 9.61. The number of anilines is 1. The number of hydrogen-bond donors (Lipinski definition) is 3. The van der Waals surface area contributed by atoms with Gasteiger partial charge in [0, 0.05) is 50.9 Å². The minimum absolute atomic E-state index is 0.0872. The highest BCUT2D eigenvalue weighted by atomic mass is 16.4. The number of nitrogens with two attached hydrogens (primary N) is 1. The number of aliphatic hydroxyl groups excluding tert-OH is 1. The summed E-state index contributed by atoms with van der Waals surface area (Å²) in [6.07, 6.45) is 3.31. The lowest BCUT2D eigenvalue weighted by Gasteiger charge is -2.42. The number of aliphatic hydroxyl groups is 1. The fraction of sp³-hybridized carbons (Fsp3) is 0.684. The van der Waals surface area contributed by atoms with Gasteiger partial charge in [-0.2, -0.15) is 0 Å². The lowest BCUT2D eigenvalue weighted by Crippen LogP contribution is -2.51. The van der Waals surface area contributed by atoms with Crippen molar-refractivity contribution in [1.29, 1.82) is 0 Å². The minimum Gasteiger partial charge on any atom is -0.479 e. The standard InChI is InChI=1S/C19H30N4O3/c20-17-3-1-2-15(21-17)8-9-22-10-12-23(13-11-22)16-6-4-14(5-7-16)18(24)19(25)26/h1-3,14,16,18,24H,4-13H2,(H2,20,21)(H,25,26). The van der Waals surface area contributed by atoms with Gasteiger partial charge in [-0.1, -0.05) is 6.07 Å².